The molecule has 1 atom stereocenters. The Kier molecular flexibility index (Phi) is 5.17. The molecule has 5 heteroatoms. The molecule has 0 bridgehead atoms. The summed E-state index contributed by atoms with van der Waals surface area (Å²) in [5.41, 5.74) is 3.80. The van der Waals surface area contributed by atoms with Crippen LogP contribution in [0.25, 0.3) is 0 Å². The van der Waals surface area contributed by atoms with Crippen LogP contribution in [0.5, 0.6) is 0 Å². The summed E-state index contributed by atoms with van der Waals surface area (Å²) in [5.74, 6) is -0.165. The smallest absolute Gasteiger partial charge is 0.128 e. The van der Waals surface area contributed by atoms with Crippen molar-refractivity contribution in [1.82, 2.24) is 15.1 Å². The molecule has 0 amide bonds. The molecule has 3 nitrogen and oxygen atoms in total. The Morgan fingerprint density at radius 2 is 2.10 bits per heavy atom. The normalized spacial score (nSPS) is 12.7. The summed E-state index contributed by atoms with van der Waals surface area (Å²) in [5, 5.41) is 7.78. The molecule has 2 aromatic rings. The predicted molar refractivity (Wildman–Crippen MR) is 86.9 cm³/mol. The molecule has 0 fully saturated rings. The molecule has 1 unspecified atom stereocenters. The molecule has 0 radical (unpaired) electrons. The highest BCUT2D eigenvalue weighted by Gasteiger charge is 2.20. The number of nitrogens with one attached hydrogen (secondary N) is 1. The van der Waals surface area contributed by atoms with Gasteiger partial charge in [0.25, 0.3) is 0 Å². The van der Waals surface area contributed by atoms with E-state index >= 15 is 0 Å². The van der Waals surface area contributed by atoms with Crippen LogP contribution >= 0.6 is 15.9 Å². The predicted octanol–water partition coefficient (Wildman–Crippen LogP) is 3.83. The first-order chi connectivity index (χ1) is 9.93. The van der Waals surface area contributed by atoms with Gasteiger partial charge < -0.3 is 5.32 Å². The van der Waals surface area contributed by atoms with E-state index < -0.39 is 0 Å². The van der Waals surface area contributed by atoms with Gasteiger partial charge in [-0.15, -0.1) is 0 Å². The summed E-state index contributed by atoms with van der Waals surface area (Å²) in [6, 6.07) is 5.19. The fraction of sp³-hybridized carbons (Fsp3) is 0.438. The molecule has 1 N–H and O–H groups in total. The Hall–Kier alpha value is -1.20. The van der Waals surface area contributed by atoms with Crippen LogP contribution in [0.3, 0.4) is 0 Å². The average Bonchev–Trinajstić information content (AvgIpc) is 2.67. The Balaban J connectivity index is 2.37. The van der Waals surface area contributed by atoms with E-state index in [0.29, 0.717) is 12.0 Å². The van der Waals surface area contributed by atoms with Gasteiger partial charge in [-0.3, -0.25) is 4.68 Å². The zero-order valence-corrected chi connectivity index (χ0v) is 14.5. The van der Waals surface area contributed by atoms with Crippen LogP contribution in [0.1, 0.15) is 35.5 Å². The maximum atomic E-state index is 14.2. The molecule has 0 spiro atoms. The quantitative estimate of drug-likeness (QED) is 0.884. The monoisotopic (exact) mass is 353 g/mol. The van der Waals surface area contributed by atoms with Crippen LogP contribution in [0.4, 0.5) is 4.39 Å². The first-order valence-corrected chi connectivity index (χ1v) is 7.90. The largest absolute Gasteiger partial charge is 0.310 e. The van der Waals surface area contributed by atoms with E-state index in [2.05, 4.69) is 26.3 Å². The maximum Gasteiger partial charge on any atom is 0.128 e. The number of likely N-dealkylation sites (N-methyl/N-ethyl adjacent to an activating group) is 1. The van der Waals surface area contributed by atoms with Crippen LogP contribution in [-0.2, 0) is 13.5 Å². The summed E-state index contributed by atoms with van der Waals surface area (Å²) in [6.07, 6.45) is 0.687. The van der Waals surface area contributed by atoms with Gasteiger partial charge in [-0.2, -0.15) is 5.10 Å². The molecule has 21 heavy (non-hydrogen) atoms. The van der Waals surface area contributed by atoms with E-state index in [4.69, 9.17) is 0 Å². The van der Waals surface area contributed by atoms with Gasteiger partial charge in [0, 0.05) is 25.1 Å². The number of rotatable bonds is 5. The van der Waals surface area contributed by atoms with Crippen molar-refractivity contribution in [1.29, 1.82) is 0 Å². The van der Waals surface area contributed by atoms with Gasteiger partial charge in [0.2, 0.25) is 0 Å². The lowest BCUT2D eigenvalue weighted by atomic mass is 9.99. The van der Waals surface area contributed by atoms with Gasteiger partial charge in [-0.25, -0.2) is 4.39 Å². The molecule has 114 valence electrons. The minimum Gasteiger partial charge on any atom is -0.310 e. The SMILES string of the molecule is CCNC(Cc1c(Br)c(C)nn1C)c1cc(C)ccc1F. The van der Waals surface area contributed by atoms with E-state index in [1.165, 1.54) is 0 Å². The Bertz CT molecular complexity index is 637. The van der Waals surface area contributed by atoms with Gasteiger partial charge in [-0.1, -0.05) is 24.6 Å². The summed E-state index contributed by atoms with van der Waals surface area (Å²) in [6.45, 7) is 6.76. The van der Waals surface area contributed by atoms with E-state index in [1.807, 2.05) is 38.6 Å². The molecule has 1 aromatic carbocycles. The number of halogens is 2. The van der Waals surface area contributed by atoms with Crippen molar-refractivity contribution in [2.75, 3.05) is 6.54 Å². The van der Waals surface area contributed by atoms with Crippen molar-refractivity contribution in [3.63, 3.8) is 0 Å². The van der Waals surface area contributed by atoms with E-state index in [0.717, 1.165) is 28.0 Å². The van der Waals surface area contributed by atoms with Crippen LogP contribution in [0, 0.1) is 19.7 Å². The first-order valence-electron chi connectivity index (χ1n) is 7.11. The molecular weight excluding hydrogens is 333 g/mol. The lowest BCUT2D eigenvalue weighted by Crippen LogP contribution is -2.25. The van der Waals surface area contributed by atoms with Gasteiger partial charge in [0.05, 0.1) is 15.9 Å². The highest BCUT2D eigenvalue weighted by molar-refractivity contribution is 9.10. The van der Waals surface area contributed by atoms with Gasteiger partial charge >= 0.3 is 0 Å². The minimum atomic E-state index is -0.165. The van der Waals surface area contributed by atoms with Crippen molar-refractivity contribution < 1.29 is 4.39 Å². The second-order valence-corrected chi connectivity index (χ2v) is 6.10. The van der Waals surface area contributed by atoms with Crippen molar-refractivity contribution in [2.24, 2.45) is 7.05 Å². The number of aromatic nitrogens is 2. The fourth-order valence-electron chi connectivity index (χ4n) is 2.56. The van der Waals surface area contributed by atoms with E-state index in [9.17, 15) is 4.39 Å². The molecule has 0 saturated heterocycles. The molecule has 1 aromatic heterocycles. The van der Waals surface area contributed by atoms with E-state index in [-0.39, 0.29) is 11.9 Å². The first kappa shape index (κ1) is 16.2. The van der Waals surface area contributed by atoms with Crippen molar-refractivity contribution in [3.8, 4) is 0 Å². The van der Waals surface area contributed by atoms with Crippen molar-refractivity contribution in [3.05, 3.63) is 51.0 Å². The molecule has 0 aliphatic rings. The van der Waals surface area contributed by atoms with Gasteiger partial charge in [0.15, 0.2) is 0 Å². The fourth-order valence-corrected chi connectivity index (χ4v) is 3.06. The Labute approximate surface area is 133 Å². The third-order valence-corrected chi connectivity index (χ3v) is 4.67. The topological polar surface area (TPSA) is 29.9 Å². The van der Waals surface area contributed by atoms with Gasteiger partial charge in [-0.05, 0) is 42.4 Å². The third kappa shape index (κ3) is 3.52. The summed E-state index contributed by atoms with van der Waals surface area (Å²) in [4.78, 5) is 0. The highest BCUT2D eigenvalue weighted by atomic mass is 79.9. The molecule has 0 aliphatic heterocycles. The number of aryl methyl sites for hydroxylation is 3. The van der Waals surface area contributed by atoms with Crippen LogP contribution in [-0.4, -0.2) is 16.3 Å². The standard InChI is InChI=1S/C16H21BrFN3/c1-5-19-14(12-8-10(2)6-7-13(12)18)9-15-16(17)11(3)20-21(15)4/h6-8,14,19H,5,9H2,1-4H3. The lowest BCUT2D eigenvalue weighted by Gasteiger charge is -2.20. The minimum absolute atomic E-state index is 0.0685. The average molecular weight is 354 g/mol. The zero-order valence-electron chi connectivity index (χ0n) is 12.9. The third-order valence-electron chi connectivity index (χ3n) is 3.64. The summed E-state index contributed by atoms with van der Waals surface area (Å²) >= 11 is 3.58. The van der Waals surface area contributed by atoms with Crippen molar-refractivity contribution >= 4 is 15.9 Å². The second-order valence-electron chi connectivity index (χ2n) is 5.31. The second kappa shape index (κ2) is 6.71. The molecular formula is C16H21BrFN3. The zero-order chi connectivity index (χ0) is 15.6. The van der Waals surface area contributed by atoms with Gasteiger partial charge in [0.1, 0.15) is 5.82 Å². The number of benzene rings is 1. The highest BCUT2D eigenvalue weighted by Crippen LogP contribution is 2.27. The van der Waals surface area contributed by atoms with Crippen molar-refractivity contribution in [2.45, 2.75) is 33.2 Å². The van der Waals surface area contributed by atoms with Crippen LogP contribution < -0.4 is 5.32 Å². The summed E-state index contributed by atoms with van der Waals surface area (Å²) < 4.78 is 17.0. The molecule has 0 aliphatic carbocycles. The van der Waals surface area contributed by atoms with E-state index in [1.54, 1.807) is 12.1 Å². The summed E-state index contributed by atoms with van der Waals surface area (Å²) in [7, 11) is 1.92. The number of hydrogen-bond donors (Lipinski definition) is 1. The Morgan fingerprint density at radius 1 is 1.38 bits per heavy atom. The molecule has 0 saturated carbocycles. The number of nitrogens with zero attached hydrogens (tertiary/aromatic N) is 2. The number of hydrogen-bond acceptors (Lipinski definition) is 2. The Morgan fingerprint density at radius 3 is 2.67 bits per heavy atom. The van der Waals surface area contributed by atoms with Crippen LogP contribution in [0.2, 0.25) is 0 Å². The molecule has 1 heterocycles. The maximum absolute atomic E-state index is 14.2. The van der Waals surface area contributed by atoms with Crippen LogP contribution in [0.15, 0.2) is 22.7 Å². The molecule has 2 rings (SSSR count). The lowest BCUT2D eigenvalue weighted by molar-refractivity contribution is 0.496.